The monoisotopic (exact) mass is 260 g/mol. The highest BCUT2D eigenvalue weighted by Crippen LogP contribution is 2.16. The zero-order valence-corrected chi connectivity index (χ0v) is 10.6. The van der Waals surface area contributed by atoms with Gasteiger partial charge in [0.1, 0.15) is 6.04 Å². The molecule has 1 rings (SSSR count). The van der Waals surface area contributed by atoms with Gasteiger partial charge in [0.05, 0.1) is 0 Å². The molecule has 1 atom stereocenters. The maximum Gasteiger partial charge on any atom is 0.303 e. The van der Waals surface area contributed by atoms with Crippen LogP contribution in [0.3, 0.4) is 0 Å². The number of aliphatic carboxylic acids is 1. The molecule has 0 radical (unpaired) electrons. The van der Waals surface area contributed by atoms with Gasteiger partial charge in [-0.05, 0) is 20.3 Å². The van der Waals surface area contributed by atoms with E-state index in [1.165, 1.54) is 0 Å². The van der Waals surface area contributed by atoms with Crippen molar-refractivity contribution in [3.05, 3.63) is 0 Å². The van der Waals surface area contributed by atoms with Gasteiger partial charge in [0.2, 0.25) is 5.91 Å². The Balaban J connectivity index is 2.43. The van der Waals surface area contributed by atoms with Crippen molar-refractivity contribution < 1.29 is 19.5 Å². The molecule has 17 heavy (non-hydrogen) atoms. The third-order valence-electron chi connectivity index (χ3n) is 2.42. The van der Waals surface area contributed by atoms with Gasteiger partial charge in [-0.2, -0.15) is 0 Å². The highest BCUT2D eigenvalue weighted by Gasteiger charge is 2.31. The fourth-order valence-electron chi connectivity index (χ4n) is 1.43. The van der Waals surface area contributed by atoms with Crippen LogP contribution in [0, 0.1) is 0 Å². The molecule has 0 aromatic rings. The Morgan fingerprint density at radius 1 is 1.59 bits per heavy atom. The Morgan fingerprint density at radius 2 is 2.24 bits per heavy atom. The largest absolute Gasteiger partial charge is 0.481 e. The Morgan fingerprint density at radius 3 is 2.71 bits per heavy atom. The molecule has 0 bridgehead atoms. The number of thioether (sulfide) groups is 1. The average molecular weight is 260 g/mol. The highest BCUT2D eigenvalue weighted by atomic mass is 32.2. The topological polar surface area (TPSA) is 95.5 Å². The van der Waals surface area contributed by atoms with Crippen molar-refractivity contribution in [1.29, 1.82) is 0 Å². The van der Waals surface area contributed by atoms with Gasteiger partial charge in [0, 0.05) is 17.7 Å². The number of rotatable bonds is 5. The van der Waals surface area contributed by atoms with Gasteiger partial charge in [0.15, 0.2) is 0 Å². The summed E-state index contributed by atoms with van der Waals surface area (Å²) >= 11 is 1.07. The molecule has 6 nitrogen and oxygen atoms in total. The summed E-state index contributed by atoms with van der Waals surface area (Å²) in [5.74, 6) is -0.740. The van der Waals surface area contributed by atoms with Crippen molar-refractivity contribution in [2.45, 2.75) is 38.3 Å². The summed E-state index contributed by atoms with van der Waals surface area (Å²) in [5.41, 5.74) is -0.590. The standard InChI is InChI=1S/C10H16N2O4S/c1-10(2,4-3-7(13)14)12-8(15)6-5-17-9(16)11-6/h6H,3-5H2,1-2H3,(H,11,16)(H,12,15)(H,13,14). The molecule has 96 valence electrons. The first-order valence-electron chi connectivity index (χ1n) is 5.27. The lowest BCUT2D eigenvalue weighted by Crippen LogP contribution is -2.51. The molecule has 1 fully saturated rings. The highest BCUT2D eigenvalue weighted by molar-refractivity contribution is 8.14. The van der Waals surface area contributed by atoms with Gasteiger partial charge >= 0.3 is 5.97 Å². The lowest BCUT2D eigenvalue weighted by Gasteiger charge is -2.27. The fraction of sp³-hybridized carbons (Fsp3) is 0.700. The smallest absolute Gasteiger partial charge is 0.303 e. The maximum atomic E-state index is 11.8. The van der Waals surface area contributed by atoms with Crippen LogP contribution in [0.5, 0.6) is 0 Å². The van der Waals surface area contributed by atoms with Crippen LogP contribution in [0.1, 0.15) is 26.7 Å². The molecule has 1 aliphatic rings. The first-order chi connectivity index (χ1) is 7.80. The number of carboxylic acid groups (broad SMARTS) is 1. The molecule has 7 heteroatoms. The number of carbonyl (C=O) groups excluding carboxylic acids is 2. The third-order valence-corrected chi connectivity index (χ3v) is 3.30. The summed E-state index contributed by atoms with van der Waals surface area (Å²) in [5, 5.41) is 13.7. The Bertz CT molecular complexity index is 343. The first kappa shape index (κ1) is 13.8. The van der Waals surface area contributed by atoms with Crippen molar-refractivity contribution in [1.82, 2.24) is 10.6 Å². The van der Waals surface area contributed by atoms with Crippen LogP contribution in [-0.2, 0) is 9.59 Å². The summed E-state index contributed by atoms with van der Waals surface area (Å²) in [6.07, 6.45) is 0.348. The molecule has 1 saturated heterocycles. The predicted molar refractivity (Wildman–Crippen MR) is 63.9 cm³/mol. The normalized spacial score (nSPS) is 19.9. The molecular formula is C10H16N2O4S. The lowest BCUT2D eigenvalue weighted by molar-refractivity contribution is -0.137. The van der Waals surface area contributed by atoms with Gasteiger partial charge in [-0.25, -0.2) is 0 Å². The van der Waals surface area contributed by atoms with Crippen molar-refractivity contribution in [3.63, 3.8) is 0 Å². The fourth-order valence-corrected chi connectivity index (χ4v) is 2.21. The summed E-state index contributed by atoms with van der Waals surface area (Å²) in [6, 6.07) is -0.517. The first-order valence-corrected chi connectivity index (χ1v) is 6.26. The number of nitrogens with one attached hydrogen (secondary N) is 2. The Labute approximate surface area is 104 Å². The zero-order valence-electron chi connectivity index (χ0n) is 9.78. The lowest BCUT2D eigenvalue weighted by atomic mass is 9.98. The molecule has 1 aliphatic heterocycles. The van der Waals surface area contributed by atoms with Gasteiger partial charge < -0.3 is 15.7 Å². The van der Waals surface area contributed by atoms with E-state index in [0.717, 1.165) is 11.8 Å². The number of amides is 2. The molecule has 0 aromatic heterocycles. The average Bonchev–Trinajstić information content (AvgIpc) is 2.61. The van der Waals surface area contributed by atoms with E-state index < -0.39 is 17.6 Å². The minimum atomic E-state index is -0.892. The molecule has 0 aromatic carbocycles. The molecule has 1 unspecified atom stereocenters. The van der Waals surface area contributed by atoms with Gasteiger partial charge in [-0.15, -0.1) is 0 Å². The molecule has 0 spiro atoms. The zero-order chi connectivity index (χ0) is 13.1. The van der Waals surface area contributed by atoms with E-state index in [2.05, 4.69) is 10.6 Å². The quantitative estimate of drug-likeness (QED) is 0.671. The summed E-state index contributed by atoms with van der Waals surface area (Å²) in [4.78, 5) is 33.2. The number of hydrogen-bond acceptors (Lipinski definition) is 4. The van der Waals surface area contributed by atoms with Crippen LogP contribution in [-0.4, -0.2) is 39.6 Å². The molecule has 0 aliphatic carbocycles. The van der Waals surface area contributed by atoms with Crippen molar-refractivity contribution in [2.24, 2.45) is 0 Å². The van der Waals surface area contributed by atoms with Gasteiger partial charge in [-0.3, -0.25) is 14.4 Å². The van der Waals surface area contributed by atoms with Crippen LogP contribution in [0.2, 0.25) is 0 Å². The van der Waals surface area contributed by atoms with Crippen LogP contribution >= 0.6 is 11.8 Å². The summed E-state index contributed by atoms with van der Waals surface area (Å²) < 4.78 is 0. The molecule has 3 N–H and O–H groups in total. The van der Waals surface area contributed by atoms with Crippen LogP contribution in [0.4, 0.5) is 4.79 Å². The second-order valence-electron chi connectivity index (χ2n) is 4.56. The molecule has 2 amide bonds. The van der Waals surface area contributed by atoms with E-state index in [0.29, 0.717) is 12.2 Å². The van der Waals surface area contributed by atoms with Crippen molar-refractivity contribution >= 4 is 28.9 Å². The van der Waals surface area contributed by atoms with E-state index in [4.69, 9.17) is 5.11 Å². The molecular weight excluding hydrogens is 244 g/mol. The Kier molecular flexibility index (Phi) is 4.39. The van der Waals surface area contributed by atoms with E-state index in [-0.39, 0.29) is 17.6 Å². The van der Waals surface area contributed by atoms with E-state index in [1.54, 1.807) is 13.8 Å². The second-order valence-corrected chi connectivity index (χ2v) is 5.56. The number of carboxylic acids is 1. The van der Waals surface area contributed by atoms with Gasteiger partial charge in [0.25, 0.3) is 5.24 Å². The maximum absolute atomic E-state index is 11.8. The van der Waals surface area contributed by atoms with Gasteiger partial charge in [-0.1, -0.05) is 11.8 Å². The molecule has 1 heterocycles. The predicted octanol–water partition coefficient (Wildman–Crippen LogP) is 0.571. The van der Waals surface area contributed by atoms with E-state index in [9.17, 15) is 14.4 Å². The van der Waals surface area contributed by atoms with Crippen LogP contribution in [0.25, 0.3) is 0 Å². The van der Waals surface area contributed by atoms with Crippen molar-refractivity contribution in [2.75, 3.05) is 5.75 Å². The third kappa shape index (κ3) is 4.64. The minimum Gasteiger partial charge on any atom is -0.481 e. The van der Waals surface area contributed by atoms with E-state index in [1.807, 2.05) is 0 Å². The minimum absolute atomic E-state index is 0.000937. The number of carbonyl (C=O) groups is 3. The second kappa shape index (κ2) is 5.39. The van der Waals surface area contributed by atoms with E-state index >= 15 is 0 Å². The number of hydrogen-bond donors (Lipinski definition) is 3. The van der Waals surface area contributed by atoms with Crippen molar-refractivity contribution in [3.8, 4) is 0 Å². The summed E-state index contributed by atoms with van der Waals surface area (Å²) in [6.45, 7) is 3.52. The summed E-state index contributed by atoms with van der Waals surface area (Å²) in [7, 11) is 0. The van der Waals surface area contributed by atoms with Crippen LogP contribution < -0.4 is 10.6 Å². The van der Waals surface area contributed by atoms with Crippen LogP contribution in [0.15, 0.2) is 0 Å². The SMILES string of the molecule is CC(C)(CCC(=O)O)NC(=O)C1CSC(=O)N1. The molecule has 0 saturated carbocycles. The Hall–Kier alpha value is -1.24.